The predicted molar refractivity (Wildman–Crippen MR) is 177 cm³/mol. The highest BCUT2D eigenvalue weighted by Gasteiger charge is 2.18. The molecule has 0 aliphatic rings. The van der Waals surface area contributed by atoms with Crippen LogP contribution in [0, 0.1) is 3.57 Å². The standard InChI is InChI=1S/C32H22Cl2IN3O5/c1-40-26-8-5-9-27-22(26)15-29(43-27)31-37-25-7-4-3-6-21(25)32(39)38(31)36-16-18-12-24(35)30(28(13-18)41-2)42-17-19-10-11-20(33)14-23(19)34/h3-16H,17H2,1-2H3. The van der Waals surface area contributed by atoms with Gasteiger partial charge in [0.25, 0.3) is 5.56 Å². The first-order chi connectivity index (χ1) is 20.9. The quantitative estimate of drug-likeness (QED) is 0.116. The van der Waals surface area contributed by atoms with Crippen LogP contribution in [-0.2, 0) is 6.61 Å². The van der Waals surface area contributed by atoms with Gasteiger partial charge in [-0.2, -0.15) is 9.78 Å². The molecule has 2 aromatic heterocycles. The zero-order chi connectivity index (χ0) is 30.1. The van der Waals surface area contributed by atoms with E-state index in [9.17, 15) is 4.79 Å². The average molecular weight is 726 g/mol. The van der Waals surface area contributed by atoms with Gasteiger partial charge in [0.2, 0.25) is 5.82 Å². The summed E-state index contributed by atoms with van der Waals surface area (Å²) >= 11 is 14.5. The summed E-state index contributed by atoms with van der Waals surface area (Å²) in [6.45, 7) is 0.222. The van der Waals surface area contributed by atoms with E-state index in [2.05, 4.69) is 27.7 Å². The fourth-order valence-corrected chi connectivity index (χ4v) is 5.82. The Morgan fingerprint density at radius 2 is 1.77 bits per heavy atom. The van der Waals surface area contributed by atoms with Crippen LogP contribution in [0.25, 0.3) is 33.5 Å². The highest BCUT2D eigenvalue weighted by molar-refractivity contribution is 14.1. The van der Waals surface area contributed by atoms with Gasteiger partial charge in [0.15, 0.2) is 17.3 Å². The second kappa shape index (κ2) is 12.3. The van der Waals surface area contributed by atoms with E-state index >= 15 is 0 Å². The predicted octanol–water partition coefficient (Wildman–Crippen LogP) is 8.20. The molecule has 8 nitrogen and oxygen atoms in total. The van der Waals surface area contributed by atoms with Crippen LogP contribution in [0.3, 0.4) is 0 Å². The molecule has 6 aromatic rings. The second-order valence-corrected chi connectivity index (χ2v) is 11.4. The van der Waals surface area contributed by atoms with Gasteiger partial charge in [-0.15, -0.1) is 0 Å². The number of benzene rings is 4. The van der Waals surface area contributed by atoms with E-state index < -0.39 is 0 Å². The summed E-state index contributed by atoms with van der Waals surface area (Å²) in [6, 6.07) is 23.3. The molecule has 0 atom stereocenters. The summed E-state index contributed by atoms with van der Waals surface area (Å²) in [6.07, 6.45) is 1.56. The van der Waals surface area contributed by atoms with Crippen LogP contribution in [0.4, 0.5) is 0 Å². The third-order valence-corrected chi connectivity index (χ3v) is 8.06. The Bertz CT molecular complexity index is 2090. The van der Waals surface area contributed by atoms with Crippen LogP contribution < -0.4 is 19.8 Å². The Kier molecular flexibility index (Phi) is 8.29. The van der Waals surface area contributed by atoms with E-state index in [0.29, 0.717) is 55.1 Å². The van der Waals surface area contributed by atoms with Crippen molar-refractivity contribution in [3.63, 3.8) is 0 Å². The molecule has 0 radical (unpaired) electrons. The van der Waals surface area contributed by atoms with E-state index in [-0.39, 0.29) is 18.0 Å². The molecular formula is C32H22Cl2IN3O5. The number of ether oxygens (including phenoxy) is 3. The molecule has 0 amide bonds. The van der Waals surface area contributed by atoms with E-state index in [4.69, 9.17) is 46.8 Å². The van der Waals surface area contributed by atoms with Crippen LogP contribution >= 0.6 is 45.8 Å². The molecule has 0 aliphatic carbocycles. The smallest absolute Gasteiger partial charge is 0.282 e. The highest BCUT2D eigenvalue weighted by atomic mass is 127. The molecule has 11 heteroatoms. The molecule has 6 rings (SSSR count). The highest BCUT2D eigenvalue weighted by Crippen LogP contribution is 2.36. The zero-order valence-corrected chi connectivity index (χ0v) is 26.5. The molecule has 2 heterocycles. The second-order valence-electron chi connectivity index (χ2n) is 9.36. The minimum absolute atomic E-state index is 0.222. The normalized spacial score (nSPS) is 11.5. The first-order valence-corrected chi connectivity index (χ1v) is 14.8. The summed E-state index contributed by atoms with van der Waals surface area (Å²) in [7, 11) is 3.15. The maximum atomic E-state index is 13.7. The van der Waals surface area contributed by atoms with Crippen molar-refractivity contribution in [2.45, 2.75) is 6.61 Å². The Balaban J connectivity index is 1.40. The topological polar surface area (TPSA) is 88.1 Å². The number of halogens is 3. The largest absolute Gasteiger partial charge is 0.496 e. The molecule has 0 N–H and O–H groups in total. The van der Waals surface area contributed by atoms with Crippen molar-refractivity contribution in [2.75, 3.05) is 14.2 Å². The molecule has 0 unspecified atom stereocenters. The van der Waals surface area contributed by atoms with Gasteiger partial charge < -0.3 is 18.6 Å². The number of nitrogens with zero attached hydrogens (tertiary/aromatic N) is 3. The first kappa shape index (κ1) is 29.0. The van der Waals surface area contributed by atoms with Gasteiger partial charge in [0.05, 0.1) is 40.3 Å². The third kappa shape index (κ3) is 5.80. The average Bonchev–Trinajstić information content (AvgIpc) is 3.45. The Hall–Kier alpha value is -4.06. The minimum atomic E-state index is -0.342. The molecule has 216 valence electrons. The zero-order valence-electron chi connectivity index (χ0n) is 22.8. The number of hydrogen-bond acceptors (Lipinski definition) is 7. The lowest BCUT2D eigenvalue weighted by molar-refractivity contribution is 0.282. The van der Waals surface area contributed by atoms with E-state index in [1.54, 1.807) is 62.9 Å². The van der Waals surface area contributed by atoms with Gasteiger partial charge in [0, 0.05) is 15.6 Å². The summed E-state index contributed by atoms with van der Waals surface area (Å²) < 4.78 is 25.3. The van der Waals surface area contributed by atoms with Crippen LogP contribution in [0.2, 0.25) is 10.0 Å². The van der Waals surface area contributed by atoms with Gasteiger partial charge in [-0.1, -0.05) is 47.5 Å². The third-order valence-electron chi connectivity index (χ3n) is 6.68. The molecular weight excluding hydrogens is 704 g/mol. The first-order valence-electron chi connectivity index (χ1n) is 12.9. The molecule has 0 saturated carbocycles. The molecule has 0 saturated heterocycles. The van der Waals surface area contributed by atoms with Gasteiger partial charge in [-0.05, 0) is 82.8 Å². The van der Waals surface area contributed by atoms with Gasteiger partial charge in [-0.3, -0.25) is 4.79 Å². The maximum Gasteiger partial charge on any atom is 0.282 e. The van der Waals surface area contributed by atoms with Crippen molar-refractivity contribution >= 4 is 73.9 Å². The number of fused-ring (bicyclic) bond motifs is 2. The number of para-hydroxylation sites is 1. The van der Waals surface area contributed by atoms with Crippen molar-refractivity contribution in [3.05, 3.63) is 114 Å². The van der Waals surface area contributed by atoms with Crippen molar-refractivity contribution in [1.29, 1.82) is 0 Å². The summed E-state index contributed by atoms with van der Waals surface area (Å²) in [4.78, 5) is 18.4. The van der Waals surface area contributed by atoms with Crippen molar-refractivity contribution in [1.82, 2.24) is 9.66 Å². The SMILES string of the molecule is COc1cc(C=Nn2c(-c3cc4c(OC)cccc4o3)nc3ccccc3c2=O)cc(I)c1OCc1ccc(Cl)cc1Cl. The fraction of sp³-hybridized carbons (Fsp3) is 0.0938. The summed E-state index contributed by atoms with van der Waals surface area (Å²) in [5.41, 5.74) is 2.25. The maximum absolute atomic E-state index is 13.7. The minimum Gasteiger partial charge on any atom is -0.496 e. The number of hydrogen-bond donors (Lipinski definition) is 0. The van der Waals surface area contributed by atoms with E-state index in [0.717, 1.165) is 14.5 Å². The Labute approximate surface area is 269 Å². The van der Waals surface area contributed by atoms with Crippen LogP contribution in [-0.4, -0.2) is 30.1 Å². The lowest BCUT2D eigenvalue weighted by Gasteiger charge is -2.14. The van der Waals surface area contributed by atoms with Crippen LogP contribution in [0.1, 0.15) is 11.1 Å². The lowest BCUT2D eigenvalue weighted by Crippen LogP contribution is -2.20. The van der Waals surface area contributed by atoms with Crippen molar-refractivity contribution < 1.29 is 18.6 Å². The van der Waals surface area contributed by atoms with Gasteiger partial charge in [0.1, 0.15) is 17.9 Å². The van der Waals surface area contributed by atoms with Crippen LogP contribution in [0.5, 0.6) is 17.2 Å². The number of aromatic nitrogens is 2. The Morgan fingerprint density at radius 3 is 2.56 bits per heavy atom. The molecule has 0 fully saturated rings. The van der Waals surface area contributed by atoms with Gasteiger partial charge in [-0.25, -0.2) is 4.98 Å². The summed E-state index contributed by atoms with van der Waals surface area (Å²) in [5, 5.41) is 6.81. The van der Waals surface area contributed by atoms with Crippen molar-refractivity contribution in [3.8, 4) is 28.8 Å². The lowest BCUT2D eigenvalue weighted by atomic mass is 10.2. The molecule has 0 spiro atoms. The van der Waals surface area contributed by atoms with E-state index in [1.165, 1.54) is 4.68 Å². The molecule has 4 aromatic carbocycles. The molecule has 43 heavy (non-hydrogen) atoms. The van der Waals surface area contributed by atoms with E-state index in [1.807, 2.05) is 36.4 Å². The van der Waals surface area contributed by atoms with Gasteiger partial charge >= 0.3 is 0 Å². The number of furan rings is 1. The monoisotopic (exact) mass is 725 g/mol. The molecule has 0 aliphatic heterocycles. The van der Waals surface area contributed by atoms with Crippen molar-refractivity contribution in [2.24, 2.45) is 5.10 Å². The number of rotatable bonds is 8. The number of methoxy groups -OCH3 is 2. The fourth-order valence-electron chi connectivity index (χ4n) is 4.58. The molecule has 0 bridgehead atoms. The van der Waals surface area contributed by atoms with Crippen LogP contribution in [0.15, 0.2) is 93.2 Å². The Morgan fingerprint density at radius 1 is 0.953 bits per heavy atom. The summed E-state index contributed by atoms with van der Waals surface area (Å²) in [5.74, 6) is 2.31.